The van der Waals surface area contributed by atoms with E-state index >= 15 is 0 Å². The van der Waals surface area contributed by atoms with Crippen molar-refractivity contribution in [1.82, 2.24) is 14.5 Å². The van der Waals surface area contributed by atoms with Crippen LogP contribution in [-0.4, -0.2) is 40.8 Å². The molecular weight excluding hydrogens is 302 g/mol. The molecule has 0 fully saturated rings. The van der Waals surface area contributed by atoms with Gasteiger partial charge >= 0.3 is 0 Å². The molecule has 0 amide bonds. The van der Waals surface area contributed by atoms with Crippen molar-refractivity contribution in [3.8, 4) is 0 Å². The number of thioether (sulfide) groups is 1. The number of aromatic nitrogens is 2. The zero-order chi connectivity index (χ0) is 16.1. The number of aryl methyl sites for hydroxylation is 2. The van der Waals surface area contributed by atoms with Crippen LogP contribution < -0.4 is 0 Å². The van der Waals surface area contributed by atoms with E-state index < -0.39 is 0 Å². The van der Waals surface area contributed by atoms with Crippen LogP contribution in [0, 0.1) is 0 Å². The predicted octanol–water partition coefficient (Wildman–Crippen LogP) is 3.93. The van der Waals surface area contributed by atoms with E-state index in [-0.39, 0.29) is 0 Å². The summed E-state index contributed by atoms with van der Waals surface area (Å²) in [7, 11) is 4.22. The van der Waals surface area contributed by atoms with E-state index in [9.17, 15) is 0 Å². The molecule has 0 aliphatic carbocycles. The first-order chi connectivity index (χ1) is 11.2. The van der Waals surface area contributed by atoms with Gasteiger partial charge in [0.1, 0.15) is 0 Å². The number of hydrogen-bond donors (Lipinski definition) is 0. The van der Waals surface area contributed by atoms with Crippen molar-refractivity contribution in [3.63, 3.8) is 0 Å². The largest absolute Gasteiger partial charge is 0.319 e. The third-order valence-electron chi connectivity index (χ3n) is 3.86. The smallest absolute Gasteiger partial charge is 0.169 e. The van der Waals surface area contributed by atoms with Gasteiger partial charge in [0.2, 0.25) is 0 Å². The second-order valence-electron chi connectivity index (χ2n) is 5.92. The third-order valence-corrected chi connectivity index (χ3v) is 4.81. The van der Waals surface area contributed by atoms with Gasteiger partial charge in [0.15, 0.2) is 5.16 Å². The number of nitrogens with zero attached hydrogens (tertiary/aromatic N) is 3. The van der Waals surface area contributed by atoms with Crippen LogP contribution in [0.15, 0.2) is 59.8 Å². The Bertz CT molecular complexity index is 750. The molecule has 0 bridgehead atoms. The summed E-state index contributed by atoms with van der Waals surface area (Å²) in [6.07, 6.45) is 1.03. The lowest BCUT2D eigenvalue weighted by Gasteiger charge is -2.11. The average molecular weight is 325 g/mol. The second-order valence-corrected chi connectivity index (χ2v) is 6.98. The Balaban J connectivity index is 1.80. The van der Waals surface area contributed by atoms with Gasteiger partial charge in [-0.05, 0) is 38.2 Å². The van der Waals surface area contributed by atoms with E-state index in [0.717, 1.165) is 35.9 Å². The van der Waals surface area contributed by atoms with Gasteiger partial charge in [-0.1, -0.05) is 54.2 Å². The summed E-state index contributed by atoms with van der Waals surface area (Å²) >= 11 is 1.85. The molecule has 2 aromatic carbocycles. The highest BCUT2D eigenvalue weighted by molar-refractivity contribution is 7.99. The third kappa shape index (κ3) is 4.15. The van der Waals surface area contributed by atoms with Gasteiger partial charge in [-0.2, -0.15) is 0 Å². The number of rotatable bonds is 7. The van der Waals surface area contributed by atoms with Gasteiger partial charge in [-0.3, -0.25) is 0 Å². The molecule has 0 spiro atoms. The second kappa shape index (κ2) is 7.66. The molecule has 23 heavy (non-hydrogen) atoms. The Morgan fingerprint density at radius 1 is 1.00 bits per heavy atom. The molecule has 0 saturated carbocycles. The topological polar surface area (TPSA) is 21.1 Å². The molecule has 3 aromatic rings. The van der Waals surface area contributed by atoms with E-state index in [4.69, 9.17) is 4.98 Å². The zero-order valence-electron chi connectivity index (χ0n) is 13.8. The number of fused-ring (bicyclic) bond motifs is 1. The first kappa shape index (κ1) is 16.1. The normalized spacial score (nSPS) is 11.4. The molecule has 120 valence electrons. The predicted molar refractivity (Wildman–Crippen MR) is 99.2 cm³/mol. The van der Waals surface area contributed by atoms with Crippen molar-refractivity contribution in [2.75, 3.05) is 26.4 Å². The molecule has 0 saturated heterocycles. The van der Waals surface area contributed by atoms with Crippen LogP contribution in [0.2, 0.25) is 0 Å². The van der Waals surface area contributed by atoms with Crippen LogP contribution in [0.25, 0.3) is 11.0 Å². The minimum absolute atomic E-state index is 0.967. The first-order valence-corrected chi connectivity index (χ1v) is 8.99. The molecule has 0 atom stereocenters. The maximum absolute atomic E-state index is 4.83. The summed E-state index contributed by atoms with van der Waals surface area (Å²) in [5.74, 6) is 1.06. The molecule has 0 aliphatic rings. The summed E-state index contributed by atoms with van der Waals surface area (Å²) in [4.78, 5) is 7.04. The maximum Gasteiger partial charge on any atom is 0.169 e. The van der Waals surface area contributed by atoms with Crippen molar-refractivity contribution < 1.29 is 0 Å². The molecule has 4 heteroatoms. The molecular formula is C19H23N3S. The van der Waals surface area contributed by atoms with Crippen LogP contribution in [0.1, 0.15) is 5.56 Å². The summed E-state index contributed by atoms with van der Waals surface area (Å²) in [5.41, 5.74) is 3.69. The lowest BCUT2D eigenvalue weighted by atomic mass is 10.1. The van der Waals surface area contributed by atoms with Crippen LogP contribution in [-0.2, 0) is 13.0 Å². The first-order valence-electron chi connectivity index (χ1n) is 8.01. The molecule has 3 nitrogen and oxygen atoms in total. The fraction of sp³-hybridized carbons (Fsp3) is 0.316. The fourth-order valence-corrected chi connectivity index (χ4v) is 3.73. The number of para-hydroxylation sites is 2. The highest BCUT2D eigenvalue weighted by Gasteiger charge is 2.11. The Labute approximate surface area is 142 Å². The maximum atomic E-state index is 4.83. The number of imidazole rings is 1. The number of benzene rings is 2. The molecule has 1 heterocycles. The van der Waals surface area contributed by atoms with E-state index in [2.05, 4.69) is 78.2 Å². The Morgan fingerprint density at radius 2 is 1.74 bits per heavy atom. The number of hydrogen-bond acceptors (Lipinski definition) is 3. The quantitative estimate of drug-likeness (QED) is 0.614. The molecule has 1 aromatic heterocycles. The molecule has 3 rings (SSSR count). The SMILES string of the molecule is CN(C)CCSc1nc2ccccc2n1CCc1ccccc1. The fourth-order valence-electron chi connectivity index (χ4n) is 2.58. The summed E-state index contributed by atoms with van der Waals surface area (Å²) in [5, 5.41) is 1.13. The van der Waals surface area contributed by atoms with Crippen LogP contribution in [0.3, 0.4) is 0 Å². The van der Waals surface area contributed by atoms with Crippen molar-refractivity contribution >= 4 is 22.8 Å². The van der Waals surface area contributed by atoms with Crippen molar-refractivity contribution in [2.45, 2.75) is 18.1 Å². The summed E-state index contributed by atoms with van der Waals surface area (Å²) in [6.45, 7) is 2.03. The van der Waals surface area contributed by atoms with E-state index in [1.54, 1.807) is 0 Å². The molecule has 0 unspecified atom stereocenters. The summed E-state index contributed by atoms with van der Waals surface area (Å²) in [6, 6.07) is 19.1. The lowest BCUT2D eigenvalue weighted by Crippen LogP contribution is -2.15. The van der Waals surface area contributed by atoms with Gasteiger partial charge in [-0.15, -0.1) is 0 Å². The Kier molecular flexibility index (Phi) is 5.36. The van der Waals surface area contributed by atoms with E-state index in [0.29, 0.717) is 0 Å². The van der Waals surface area contributed by atoms with Gasteiger partial charge in [0, 0.05) is 18.8 Å². The standard InChI is InChI=1S/C19H23N3S/c1-21(2)14-15-23-19-20-17-10-6-7-11-18(17)22(19)13-12-16-8-4-3-5-9-16/h3-11H,12-15H2,1-2H3. The Morgan fingerprint density at radius 3 is 2.52 bits per heavy atom. The highest BCUT2D eigenvalue weighted by atomic mass is 32.2. The van der Waals surface area contributed by atoms with Crippen molar-refractivity contribution in [3.05, 3.63) is 60.2 Å². The van der Waals surface area contributed by atoms with Crippen LogP contribution in [0.5, 0.6) is 0 Å². The van der Waals surface area contributed by atoms with Crippen LogP contribution >= 0.6 is 11.8 Å². The zero-order valence-corrected chi connectivity index (χ0v) is 14.6. The van der Waals surface area contributed by atoms with E-state index in [1.165, 1.54) is 11.1 Å². The Hall–Kier alpha value is -1.78. The average Bonchev–Trinajstić information content (AvgIpc) is 2.91. The van der Waals surface area contributed by atoms with Gasteiger partial charge in [-0.25, -0.2) is 4.98 Å². The van der Waals surface area contributed by atoms with E-state index in [1.807, 2.05) is 11.8 Å². The van der Waals surface area contributed by atoms with Crippen LogP contribution in [0.4, 0.5) is 0 Å². The van der Waals surface area contributed by atoms with Crippen molar-refractivity contribution in [1.29, 1.82) is 0 Å². The molecule has 0 radical (unpaired) electrons. The van der Waals surface area contributed by atoms with Gasteiger partial charge in [0.05, 0.1) is 11.0 Å². The van der Waals surface area contributed by atoms with Crippen molar-refractivity contribution in [2.24, 2.45) is 0 Å². The van der Waals surface area contributed by atoms with Gasteiger partial charge < -0.3 is 9.47 Å². The lowest BCUT2D eigenvalue weighted by molar-refractivity contribution is 0.437. The summed E-state index contributed by atoms with van der Waals surface area (Å²) < 4.78 is 2.36. The monoisotopic (exact) mass is 325 g/mol. The molecule has 0 aliphatic heterocycles. The molecule has 0 N–H and O–H groups in total. The minimum atomic E-state index is 0.967. The van der Waals surface area contributed by atoms with Gasteiger partial charge in [0.25, 0.3) is 0 Å². The highest BCUT2D eigenvalue weighted by Crippen LogP contribution is 2.24. The minimum Gasteiger partial charge on any atom is -0.319 e.